The van der Waals surface area contributed by atoms with Crippen LogP contribution in [0.15, 0.2) is 30.3 Å². The van der Waals surface area contributed by atoms with Gasteiger partial charge in [0.25, 0.3) is 0 Å². The van der Waals surface area contributed by atoms with Gasteiger partial charge in [0.05, 0.1) is 6.54 Å². The molecular weight excluding hydrogens is 296 g/mol. The number of benzene rings is 1. The number of hydrogen-bond donors (Lipinski definition) is 3. The normalized spacial score (nSPS) is 11.7. The Morgan fingerprint density at radius 2 is 1.78 bits per heavy atom. The molecule has 0 aliphatic carbocycles. The number of carboxylic acids is 1. The first-order valence-corrected chi connectivity index (χ1v) is 7.79. The number of Topliss-reactive ketones (excluding diaryl/α,β-unsaturated/α-hetero) is 1. The molecule has 1 amide bonds. The predicted octanol–water partition coefficient (Wildman–Crippen LogP) is 1.28. The molecular formula is C17H24N2O4. The highest BCUT2D eigenvalue weighted by atomic mass is 16.4. The number of carboxylic acid groups (broad SMARTS) is 1. The van der Waals surface area contributed by atoms with Crippen molar-refractivity contribution in [2.45, 2.75) is 44.6 Å². The molecule has 0 radical (unpaired) electrons. The van der Waals surface area contributed by atoms with Crippen molar-refractivity contribution in [3.63, 3.8) is 0 Å². The topological polar surface area (TPSA) is 109 Å². The molecule has 0 aromatic heterocycles. The molecule has 126 valence electrons. The largest absolute Gasteiger partial charge is 0.480 e. The average molecular weight is 320 g/mol. The van der Waals surface area contributed by atoms with Gasteiger partial charge in [-0.15, -0.1) is 0 Å². The molecule has 6 nitrogen and oxygen atoms in total. The van der Waals surface area contributed by atoms with Crippen molar-refractivity contribution < 1.29 is 19.5 Å². The third-order valence-electron chi connectivity index (χ3n) is 3.46. The fourth-order valence-electron chi connectivity index (χ4n) is 2.12. The molecule has 1 rings (SSSR count). The minimum Gasteiger partial charge on any atom is -0.480 e. The first kappa shape index (κ1) is 18.8. The van der Waals surface area contributed by atoms with Gasteiger partial charge in [0.15, 0.2) is 5.78 Å². The number of rotatable bonds is 11. The molecule has 0 aliphatic heterocycles. The van der Waals surface area contributed by atoms with Gasteiger partial charge >= 0.3 is 5.97 Å². The van der Waals surface area contributed by atoms with Crippen LogP contribution in [0.4, 0.5) is 0 Å². The Labute approximate surface area is 136 Å². The Morgan fingerprint density at radius 3 is 2.43 bits per heavy atom. The quantitative estimate of drug-likeness (QED) is 0.532. The van der Waals surface area contributed by atoms with E-state index in [-0.39, 0.29) is 18.2 Å². The van der Waals surface area contributed by atoms with E-state index in [1.807, 2.05) is 30.3 Å². The lowest BCUT2D eigenvalue weighted by Gasteiger charge is -2.06. The minimum absolute atomic E-state index is 0.0306. The smallest absolute Gasteiger partial charge is 0.320 e. The summed E-state index contributed by atoms with van der Waals surface area (Å²) < 4.78 is 0. The maximum absolute atomic E-state index is 11.7. The van der Waals surface area contributed by atoms with Crippen LogP contribution >= 0.6 is 0 Å². The predicted molar refractivity (Wildman–Crippen MR) is 86.9 cm³/mol. The summed E-state index contributed by atoms with van der Waals surface area (Å²) in [5.74, 6) is -1.19. The van der Waals surface area contributed by atoms with Crippen LogP contribution in [0.2, 0.25) is 0 Å². The van der Waals surface area contributed by atoms with Crippen molar-refractivity contribution in [1.29, 1.82) is 0 Å². The van der Waals surface area contributed by atoms with Crippen molar-refractivity contribution in [3.8, 4) is 0 Å². The number of nitrogens with one attached hydrogen (secondary N) is 1. The molecule has 0 heterocycles. The molecule has 23 heavy (non-hydrogen) atoms. The van der Waals surface area contributed by atoms with Gasteiger partial charge in [0, 0.05) is 12.8 Å². The Morgan fingerprint density at radius 1 is 1.09 bits per heavy atom. The number of carbonyl (C=O) groups excluding carboxylic acids is 2. The molecule has 0 saturated heterocycles. The van der Waals surface area contributed by atoms with Gasteiger partial charge in [-0.1, -0.05) is 43.2 Å². The van der Waals surface area contributed by atoms with Crippen LogP contribution in [-0.2, 0) is 20.8 Å². The highest BCUT2D eigenvalue weighted by Crippen LogP contribution is 2.05. The maximum atomic E-state index is 11.7. The lowest BCUT2D eigenvalue weighted by molar-refractivity contribution is -0.138. The number of hydrogen-bond acceptors (Lipinski definition) is 4. The monoisotopic (exact) mass is 320 g/mol. The van der Waals surface area contributed by atoms with Crippen LogP contribution in [0, 0.1) is 0 Å². The van der Waals surface area contributed by atoms with E-state index in [1.165, 1.54) is 0 Å². The van der Waals surface area contributed by atoms with Crippen molar-refractivity contribution in [1.82, 2.24) is 5.32 Å². The summed E-state index contributed by atoms with van der Waals surface area (Å²) in [6, 6.07) is 8.55. The zero-order chi connectivity index (χ0) is 17.1. The Kier molecular flexibility index (Phi) is 8.60. The number of amides is 1. The second-order valence-electron chi connectivity index (χ2n) is 5.52. The van der Waals surface area contributed by atoms with E-state index in [1.54, 1.807) is 0 Å². The first-order chi connectivity index (χ1) is 11.0. The Balaban J connectivity index is 2.08. The number of unbranched alkanes of at least 4 members (excludes halogenated alkanes) is 2. The van der Waals surface area contributed by atoms with E-state index >= 15 is 0 Å². The van der Waals surface area contributed by atoms with E-state index < -0.39 is 12.0 Å². The standard InChI is InChI=1S/C17H24N2O4/c18-15(17(22)23)9-5-2-6-10-16(21)19-12-14(20)11-13-7-3-1-4-8-13/h1,3-4,7-8,15H,2,5-6,9-12,18H2,(H,19,21)(H,22,23)/t15-/m0/s1. The SMILES string of the molecule is N[C@@H](CCCCCC(=O)NCC(=O)Cc1ccccc1)C(=O)O. The molecule has 0 saturated carbocycles. The molecule has 6 heteroatoms. The summed E-state index contributed by atoms with van der Waals surface area (Å²) in [6.45, 7) is 0.0393. The second-order valence-corrected chi connectivity index (χ2v) is 5.52. The van der Waals surface area contributed by atoms with Gasteiger partial charge < -0.3 is 16.2 Å². The summed E-state index contributed by atoms with van der Waals surface area (Å²) >= 11 is 0. The third kappa shape index (κ3) is 8.73. The average Bonchev–Trinajstić information content (AvgIpc) is 2.53. The molecule has 0 fully saturated rings. The van der Waals surface area contributed by atoms with Gasteiger partial charge in [-0.25, -0.2) is 0 Å². The highest BCUT2D eigenvalue weighted by molar-refractivity contribution is 5.87. The molecule has 1 aromatic rings. The molecule has 0 bridgehead atoms. The minimum atomic E-state index is -1.00. The number of nitrogens with two attached hydrogens (primary N) is 1. The summed E-state index contributed by atoms with van der Waals surface area (Å²) in [4.78, 5) is 33.9. The Bertz CT molecular complexity index is 517. The van der Waals surface area contributed by atoms with Crippen LogP contribution in [0.25, 0.3) is 0 Å². The second kappa shape index (κ2) is 10.5. The van der Waals surface area contributed by atoms with Gasteiger partial charge in [-0.3, -0.25) is 14.4 Å². The zero-order valence-electron chi connectivity index (χ0n) is 13.2. The third-order valence-corrected chi connectivity index (χ3v) is 3.46. The number of aliphatic carboxylic acids is 1. The van der Waals surface area contributed by atoms with Gasteiger partial charge in [-0.05, 0) is 18.4 Å². The molecule has 0 spiro atoms. The van der Waals surface area contributed by atoms with E-state index in [0.717, 1.165) is 12.0 Å². The summed E-state index contributed by atoms with van der Waals surface area (Å²) in [5, 5.41) is 11.2. The molecule has 0 unspecified atom stereocenters. The Hall–Kier alpha value is -2.21. The van der Waals surface area contributed by atoms with Crippen molar-refractivity contribution in [2.24, 2.45) is 5.73 Å². The highest BCUT2D eigenvalue weighted by Gasteiger charge is 2.10. The molecule has 4 N–H and O–H groups in total. The van der Waals surface area contributed by atoms with Crippen LogP contribution in [0.1, 0.15) is 37.7 Å². The molecule has 0 aliphatic rings. The fourth-order valence-corrected chi connectivity index (χ4v) is 2.12. The van der Waals surface area contributed by atoms with E-state index in [4.69, 9.17) is 10.8 Å². The van der Waals surface area contributed by atoms with Crippen molar-refractivity contribution >= 4 is 17.7 Å². The molecule has 1 atom stereocenters. The van der Waals surface area contributed by atoms with E-state index in [2.05, 4.69) is 5.32 Å². The van der Waals surface area contributed by atoms with E-state index in [0.29, 0.717) is 32.1 Å². The van der Waals surface area contributed by atoms with E-state index in [9.17, 15) is 14.4 Å². The zero-order valence-corrected chi connectivity index (χ0v) is 13.2. The maximum Gasteiger partial charge on any atom is 0.320 e. The van der Waals surface area contributed by atoms with Gasteiger partial charge in [-0.2, -0.15) is 0 Å². The lowest BCUT2D eigenvalue weighted by atomic mass is 10.1. The van der Waals surface area contributed by atoms with Gasteiger partial charge in [0.2, 0.25) is 5.91 Å². The van der Waals surface area contributed by atoms with Crippen LogP contribution < -0.4 is 11.1 Å². The van der Waals surface area contributed by atoms with Crippen LogP contribution in [0.3, 0.4) is 0 Å². The lowest BCUT2D eigenvalue weighted by Crippen LogP contribution is -2.30. The van der Waals surface area contributed by atoms with Gasteiger partial charge in [0.1, 0.15) is 6.04 Å². The van der Waals surface area contributed by atoms with Crippen LogP contribution in [-0.4, -0.2) is 35.4 Å². The summed E-state index contributed by atoms with van der Waals surface area (Å²) in [5.41, 5.74) is 6.32. The molecule has 1 aromatic carbocycles. The number of carbonyl (C=O) groups is 3. The summed E-state index contributed by atoms with van der Waals surface area (Å²) in [6.07, 6.45) is 3.13. The fraction of sp³-hybridized carbons (Fsp3) is 0.471. The van der Waals surface area contributed by atoms with Crippen molar-refractivity contribution in [3.05, 3.63) is 35.9 Å². The first-order valence-electron chi connectivity index (χ1n) is 7.79. The van der Waals surface area contributed by atoms with Crippen LogP contribution in [0.5, 0.6) is 0 Å². The number of ketones is 1. The summed E-state index contributed by atoms with van der Waals surface area (Å²) in [7, 11) is 0. The van der Waals surface area contributed by atoms with Crippen molar-refractivity contribution in [2.75, 3.05) is 6.54 Å².